The lowest BCUT2D eigenvalue weighted by Gasteiger charge is -2.39. The molecule has 2 saturated carbocycles. The minimum atomic E-state index is -3.23. The van der Waals surface area contributed by atoms with Crippen LogP contribution in [-0.4, -0.2) is 47.7 Å². The molecule has 7 nitrogen and oxygen atoms in total. The summed E-state index contributed by atoms with van der Waals surface area (Å²) < 4.78 is 33.4. The lowest BCUT2D eigenvalue weighted by molar-refractivity contribution is 0.0900. The van der Waals surface area contributed by atoms with Gasteiger partial charge in [0, 0.05) is 30.1 Å². The Bertz CT molecular complexity index is 843. The average molecular weight is 422 g/mol. The standard InChI is InChI=1S/C21H31N3O4S/c25-21(19-12-20(28-23-19)15-6-7-15)22-16-10-17-8-9-18(11-16)24(17)29(26,27)13-14-4-2-1-3-5-14/h12,14-18H,1-11,13H2,(H,22,25)/t16?,17-,18+. The van der Waals surface area contributed by atoms with Crippen LogP contribution in [0.3, 0.4) is 0 Å². The first kappa shape index (κ1) is 19.5. The molecule has 5 rings (SSSR count). The van der Waals surface area contributed by atoms with E-state index in [4.69, 9.17) is 4.52 Å². The van der Waals surface area contributed by atoms with Crippen molar-refractivity contribution in [1.29, 1.82) is 0 Å². The average Bonchev–Trinajstić information content (AvgIpc) is 3.34. The van der Waals surface area contributed by atoms with Crippen LogP contribution < -0.4 is 5.32 Å². The van der Waals surface area contributed by atoms with Crippen molar-refractivity contribution < 1.29 is 17.7 Å². The van der Waals surface area contributed by atoms with Crippen molar-refractivity contribution in [2.24, 2.45) is 5.92 Å². The molecule has 3 atom stereocenters. The van der Waals surface area contributed by atoms with E-state index in [9.17, 15) is 13.2 Å². The lowest BCUT2D eigenvalue weighted by Crippen LogP contribution is -2.53. The van der Waals surface area contributed by atoms with Crippen LogP contribution in [0.15, 0.2) is 10.6 Å². The van der Waals surface area contributed by atoms with Crippen molar-refractivity contribution in [3.63, 3.8) is 0 Å². The highest BCUT2D eigenvalue weighted by Gasteiger charge is 2.47. The van der Waals surface area contributed by atoms with E-state index in [2.05, 4.69) is 10.5 Å². The third-order valence-corrected chi connectivity index (χ3v) is 9.37. The molecule has 1 aromatic heterocycles. The first-order valence-electron chi connectivity index (χ1n) is 11.3. The first-order chi connectivity index (χ1) is 14.0. The second-order valence-corrected chi connectivity index (χ2v) is 11.4. The van der Waals surface area contributed by atoms with Crippen LogP contribution in [0.5, 0.6) is 0 Å². The van der Waals surface area contributed by atoms with Crippen LogP contribution in [0.2, 0.25) is 0 Å². The number of rotatable bonds is 6. The van der Waals surface area contributed by atoms with Gasteiger partial charge in [-0.2, -0.15) is 4.31 Å². The third-order valence-electron chi connectivity index (χ3n) is 7.23. The van der Waals surface area contributed by atoms with E-state index in [1.807, 2.05) is 4.31 Å². The molecular weight excluding hydrogens is 390 g/mol. The highest BCUT2D eigenvalue weighted by molar-refractivity contribution is 7.89. The predicted octanol–water partition coefficient (Wildman–Crippen LogP) is 3.19. The third kappa shape index (κ3) is 4.10. The number of amides is 1. The van der Waals surface area contributed by atoms with Gasteiger partial charge < -0.3 is 9.84 Å². The van der Waals surface area contributed by atoms with Gasteiger partial charge in [0.25, 0.3) is 5.91 Å². The molecule has 8 heteroatoms. The van der Waals surface area contributed by atoms with Gasteiger partial charge in [-0.1, -0.05) is 24.4 Å². The first-order valence-corrected chi connectivity index (χ1v) is 12.9. The topological polar surface area (TPSA) is 92.5 Å². The van der Waals surface area contributed by atoms with E-state index in [1.54, 1.807) is 6.07 Å². The molecule has 2 saturated heterocycles. The maximum atomic E-state index is 13.2. The monoisotopic (exact) mass is 421 g/mol. The van der Waals surface area contributed by atoms with Gasteiger partial charge in [-0.05, 0) is 57.3 Å². The number of hydrogen-bond acceptors (Lipinski definition) is 5. The van der Waals surface area contributed by atoms with Gasteiger partial charge in [0.2, 0.25) is 10.0 Å². The minimum absolute atomic E-state index is 0.00204. The summed E-state index contributed by atoms with van der Waals surface area (Å²) in [6, 6.07) is 1.80. The van der Waals surface area contributed by atoms with E-state index in [0.717, 1.165) is 57.1 Å². The molecule has 1 N–H and O–H groups in total. The zero-order valence-corrected chi connectivity index (χ0v) is 17.7. The van der Waals surface area contributed by atoms with Crippen molar-refractivity contribution in [1.82, 2.24) is 14.8 Å². The summed E-state index contributed by atoms with van der Waals surface area (Å²) in [5.41, 5.74) is 0.339. The van der Waals surface area contributed by atoms with Crippen molar-refractivity contribution >= 4 is 15.9 Å². The van der Waals surface area contributed by atoms with Gasteiger partial charge in [0.15, 0.2) is 5.69 Å². The van der Waals surface area contributed by atoms with Crippen LogP contribution in [0, 0.1) is 5.92 Å². The fourth-order valence-corrected chi connectivity index (χ4v) is 8.05. The molecule has 2 bridgehead atoms. The maximum Gasteiger partial charge on any atom is 0.273 e. The zero-order chi connectivity index (χ0) is 20.0. The van der Waals surface area contributed by atoms with Gasteiger partial charge >= 0.3 is 0 Å². The molecule has 1 unspecified atom stereocenters. The Kier molecular flexibility index (Phi) is 5.18. The molecule has 0 aromatic carbocycles. The molecule has 0 radical (unpaired) electrons. The summed E-state index contributed by atoms with van der Waals surface area (Å²) >= 11 is 0. The number of nitrogens with one attached hydrogen (secondary N) is 1. The van der Waals surface area contributed by atoms with Crippen LogP contribution in [0.4, 0.5) is 0 Å². The Morgan fingerprint density at radius 3 is 2.41 bits per heavy atom. The highest BCUT2D eigenvalue weighted by atomic mass is 32.2. The molecule has 2 aliphatic carbocycles. The predicted molar refractivity (Wildman–Crippen MR) is 108 cm³/mol. The Labute approximate surface area is 172 Å². The quantitative estimate of drug-likeness (QED) is 0.761. The molecule has 1 aromatic rings. The molecule has 3 heterocycles. The molecule has 0 spiro atoms. The number of nitrogens with zero attached hydrogens (tertiary/aromatic N) is 2. The molecule has 160 valence electrons. The molecule has 4 aliphatic rings. The Hall–Kier alpha value is -1.41. The van der Waals surface area contributed by atoms with Crippen LogP contribution >= 0.6 is 0 Å². The molecule has 2 aliphatic heterocycles. The van der Waals surface area contributed by atoms with Gasteiger partial charge in [0.1, 0.15) is 5.76 Å². The Morgan fingerprint density at radius 2 is 1.76 bits per heavy atom. The SMILES string of the molecule is O=C(NC1C[C@H]2CC[C@@H](C1)N2S(=O)(=O)CC1CCCCC1)c1cc(C2CC2)on1. The van der Waals surface area contributed by atoms with E-state index in [1.165, 1.54) is 6.42 Å². The lowest BCUT2D eigenvalue weighted by atomic mass is 9.91. The number of sulfonamides is 1. The van der Waals surface area contributed by atoms with Gasteiger partial charge in [-0.15, -0.1) is 0 Å². The maximum absolute atomic E-state index is 13.2. The van der Waals surface area contributed by atoms with Crippen LogP contribution in [0.25, 0.3) is 0 Å². The summed E-state index contributed by atoms with van der Waals surface area (Å²) in [6.45, 7) is 0. The van der Waals surface area contributed by atoms with Crippen LogP contribution in [-0.2, 0) is 10.0 Å². The largest absolute Gasteiger partial charge is 0.360 e. The van der Waals surface area contributed by atoms with Gasteiger partial charge in [0.05, 0.1) is 5.75 Å². The van der Waals surface area contributed by atoms with Crippen molar-refractivity contribution in [2.75, 3.05) is 5.75 Å². The zero-order valence-electron chi connectivity index (χ0n) is 16.9. The van der Waals surface area contributed by atoms with Crippen LogP contribution in [0.1, 0.15) is 92.8 Å². The second-order valence-electron chi connectivity index (χ2n) is 9.53. The fourth-order valence-electron chi connectivity index (χ4n) is 5.66. The summed E-state index contributed by atoms with van der Waals surface area (Å²) in [5.74, 6) is 1.65. The van der Waals surface area contributed by atoms with Crippen molar-refractivity contribution in [2.45, 2.75) is 94.7 Å². The minimum Gasteiger partial charge on any atom is -0.360 e. The van der Waals surface area contributed by atoms with E-state index >= 15 is 0 Å². The summed E-state index contributed by atoms with van der Waals surface area (Å²) in [5, 5.41) is 7.00. The number of piperidine rings is 1. The van der Waals surface area contributed by atoms with Gasteiger partial charge in [-0.3, -0.25) is 4.79 Å². The Balaban J connectivity index is 1.20. The summed E-state index contributed by atoms with van der Waals surface area (Å²) in [4.78, 5) is 12.6. The smallest absolute Gasteiger partial charge is 0.273 e. The van der Waals surface area contributed by atoms with E-state index in [-0.39, 0.29) is 24.0 Å². The highest BCUT2D eigenvalue weighted by Crippen LogP contribution is 2.41. The molecule has 4 fully saturated rings. The van der Waals surface area contributed by atoms with E-state index in [0.29, 0.717) is 36.1 Å². The molecule has 1 amide bonds. The fraction of sp³-hybridized carbons (Fsp3) is 0.810. The van der Waals surface area contributed by atoms with Gasteiger partial charge in [-0.25, -0.2) is 8.42 Å². The normalized spacial score (nSPS) is 31.1. The van der Waals surface area contributed by atoms with E-state index < -0.39 is 10.0 Å². The number of aromatic nitrogens is 1. The Morgan fingerprint density at radius 1 is 1.07 bits per heavy atom. The number of fused-ring (bicyclic) bond motifs is 2. The van der Waals surface area contributed by atoms with Crippen molar-refractivity contribution in [3.8, 4) is 0 Å². The number of carbonyl (C=O) groups excluding carboxylic acids is 1. The summed E-state index contributed by atoms with van der Waals surface area (Å²) in [6.07, 6.45) is 11.0. The van der Waals surface area contributed by atoms with Crippen molar-refractivity contribution in [3.05, 3.63) is 17.5 Å². The molecule has 29 heavy (non-hydrogen) atoms. The number of carbonyl (C=O) groups is 1. The second kappa shape index (κ2) is 7.69. The summed E-state index contributed by atoms with van der Waals surface area (Å²) in [7, 11) is -3.23. The number of hydrogen-bond donors (Lipinski definition) is 1. The molecular formula is C21H31N3O4S.